The zero-order valence-electron chi connectivity index (χ0n) is 14.5. The molecule has 1 amide bonds. The molecule has 0 aromatic carbocycles. The van der Waals surface area contributed by atoms with Crippen molar-refractivity contribution in [2.24, 2.45) is 0 Å². The third-order valence-electron chi connectivity index (χ3n) is 3.97. The molecule has 4 heterocycles. The average Bonchev–Trinajstić information content (AvgIpc) is 3.37. The molecule has 8 nitrogen and oxygen atoms in total. The number of aromatic nitrogens is 5. The number of nitrogens with one attached hydrogen (secondary N) is 3. The van der Waals surface area contributed by atoms with E-state index in [0.29, 0.717) is 24.0 Å². The molecule has 0 bridgehead atoms. The number of anilines is 1. The minimum atomic E-state index is -0.269. The number of aromatic amines is 1. The van der Waals surface area contributed by atoms with E-state index < -0.39 is 0 Å². The average molecular weight is 379 g/mol. The van der Waals surface area contributed by atoms with Gasteiger partial charge in [-0.25, -0.2) is 15.0 Å². The number of thiophene rings is 1. The lowest BCUT2D eigenvalue weighted by atomic mass is 10.2. The number of hydrogen-bond donors (Lipinski definition) is 3. The maximum Gasteiger partial charge on any atom is 0.271 e. The van der Waals surface area contributed by atoms with Crippen molar-refractivity contribution in [3.63, 3.8) is 0 Å². The van der Waals surface area contributed by atoms with Crippen LogP contribution >= 0.6 is 11.3 Å². The van der Waals surface area contributed by atoms with Crippen LogP contribution in [-0.4, -0.2) is 30.8 Å². The van der Waals surface area contributed by atoms with Gasteiger partial charge in [-0.05, 0) is 30.5 Å². The Morgan fingerprint density at radius 1 is 1.22 bits per heavy atom. The third-order valence-corrected chi connectivity index (χ3v) is 4.88. The van der Waals surface area contributed by atoms with Crippen LogP contribution in [0.5, 0.6) is 0 Å². The molecule has 9 heteroatoms. The fourth-order valence-corrected chi connectivity index (χ4v) is 3.44. The topological polar surface area (TPSA) is 108 Å². The Morgan fingerprint density at radius 3 is 2.93 bits per heavy atom. The Hall–Kier alpha value is -3.33. The van der Waals surface area contributed by atoms with E-state index in [1.165, 1.54) is 11.3 Å². The summed E-state index contributed by atoms with van der Waals surface area (Å²) in [6.07, 6.45) is 5.10. The predicted molar refractivity (Wildman–Crippen MR) is 103 cm³/mol. The number of nitrogens with zero attached hydrogens (tertiary/aromatic N) is 4. The Labute approximate surface area is 159 Å². The number of amides is 1. The molecule has 0 aliphatic heterocycles. The van der Waals surface area contributed by atoms with Crippen LogP contribution in [0.2, 0.25) is 0 Å². The van der Waals surface area contributed by atoms with Crippen LogP contribution in [0.3, 0.4) is 0 Å². The summed E-state index contributed by atoms with van der Waals surface area (Å²) in [5.74, 6) is 0.805. The molecule has 3 N–H and O–H groups in total. The van der Waals surface area contributed by atoms with Crippen LogP contribution in [-0.2, 0) is 6.54 Å². The van der Waals surface area contributed by atoms with Crippen LogP contribution in [0.15, 0.2) is 48.2 Å². The van der Waals surface area contributed by atoms with Crippen molar-refractivity contribution in [1.82, 2.24) is 30.2 Å². The van der Waals surface area contributed by atoms with Crippen LogP contribution in [0.1, 0.15) is 35.0 Å². The number of H-pyrrole nitrogens is 1. The van der Waals surface area contributed by atoms with E-state index in [0.717, 1.165) is 15.9 Å². The van der Waals surface area contributed by atoms with Crippen molar-refractivity contribution in [1.29, 1.82) is 0 Å². The van der Waals surface area contributed by atoms with Crippen LogP contribution in [0.25, 0.3) is 10.2 Å². The van der Waals surface area contributed by atoms with Crippen molar-refractivity contribution >= 4 is 33.4 Å². The van der Waals surface area contributed by atoms with E-state index in [-0.39, 0.29) is 11.9 Å². The molecule has 1 atom stereocenters. The Kier molecular flexibility index (Phi) is 4.75. The number of hydrogen-bond acceptors (Lipinski definition) is 7. The lowest BCUT2D eigenvalue weighted by Crippen LogP contribution is -2.25. The van der Waals surface area contributed by atoms with Crippen LogP contribution < -0.4 is 10.6 Å². The van der Waals surface area contributed by atoms with Crippen LogP contribution in [0, 0.1) is 0 Å². The summed E-state index contributed by atoms with van der Waals surface area (Å²) in [6, 6.07) is 7.50. The zero-order valence-corrected chi connectivity index (χ0v) is 15.3. The molecule has 0 aliphatic carbocycles. The monoisotopic (exact) mass is 379 g/mol. The van der Waals surface area contributed by atoms with Crippen molar-refractivity contribution in [3.8, 4) is 0 Å². The number of fused-ring (bicyclic) bond motifs is 1. The van der Waals surface area contributed by atoms with E-state index in [9.17, 15) is 4.79 Å². The van der Waals surface area contributed by atoms with Gasteiger partial charge in [-0.3, -0.25) is 9.78 Å². The van der Waals surface area contributed by atoms with Gasteiger partial charge in [-0.2, -0.15) is 0 Å². The van der Waals surface area contributed by atoms with Gasteiger partial charge in [-0.15, -0.1) is 11.3 Å². The molecule has 0 radical (unpaired) electrons. The standard InChI is InChI=1S/C18H17N7OS/c1-11(12-4-2-3-6-19-12)23-18-24-13-5-9-27-16(13)15(25-18)17(26)22-10-14-20-7-8-21-14/h2-9,11H,10H2,1H3,(H,20,21)(H,22,26)(H,23,24,25). The largest absolute Gasteiger partial charge is 0.347 e. The molecule has 4 aromatic heterocycles. The maximum atomic E-state index is 12.7. The van der Waals surface area contributed by atoms with Crippen LogP contribution in [0.4, 0.5) is 5.95 Å². The molecule has 0 aliphatic rings. The zero-order chi connectivity index (χ0) is 18.6. The number of imidazole rings is 1. The molecular formula is C18H17N7OS. The fraction of sp³-hybridized carbons (Fsp3) is 0.167. The van der Waals surface area contributed by atoms with Gasteiger partial charge in [0.05, 0.1) is 28.5 Å². The number of carbonyl (C=O) groups excluding carboxylic acids is 1. The highest BCUT2D eigenvalue weighted by Gasteiger charge is 2.17. The summed E-state index contributed by atoms with van der Waals surface area (Å²) in [5, 5.41) is 7.96. The number of carbonyl (C=O) groups is 1. The van der Waals surface area contributed by atoms with Crippen molar-refractivity contribution in [2.45, 2.75) is 19.5 Å². The summed E-state index contributed by atoms with van der Waals surface area (Å²) in [4.78, 5) is 33.1. The van der Waals surface area contributed by atoms with Gasteiger partial charge in [0.2, 0.25) is 5.95 Å². The lowest BCUT2D eigenvalue weighted by molar-refractivity contribution is 0.0947. The summed E-state index contributed by atoms with van der Waals surface area (Å²) in [5.41, 5.74) is 1.95. The molecular weight excluding hydrogens is 362 g/mol. The minimum absolute atomic E-state index is 0.0960. The summed E-state index contributed by atoms with van der Waals surface area (Å²) in [6.45, 7) is 2.27. The molecule has 0 spiro atoms. The third kappa shape index (κ3) is 3.77. The lowest BCUT2D eigenvalue weighted by Gasteiger charge is -2.14. The second-order valence-electron chi connectivity index (χ2n) is 5.87. The van der Waals surface area contributed by atoms with Gasteiger partial charge in [0, 0.05) is 18.6 Å². The summed E-state index contributed by atoms with van der Waals surface area (Å²) < 4.78 is 0.753. The normalized spacial score (nSPS) is 12.0. The SMILES string of the molecule is CC(Nc1nc(C(=O)NCc2ncc[nH]2)c2sccc2n1)c1ccccn1. The highest BCUT2D eigenvalue weighted by molar-refractivity contribution is 7.17. The Balaban J connectivity index is 1.58. The predicted octanol–water partition coefficient (Wildman–Crippen LogP) is 2.91. The summed E-state index contributed by atoms with van der Waals surface area (Å²) >= 11 is 1.44. The first-order valence-corrected chi connectivity index (χ1v) is 9.28. The Bertz CT molecular complexity index is 1050. The van der Waals surface area contributed by atoms with Gasteiger partial charge >= 0.3 is 0 Å². The van der Waals surface area contributed by atoms with Gasteiger partial charge in [-0.1, -0.05) is 6.07 Å². The smallest absolute Gasteiger partial charge is 0.271 e. The van der Waals surface area contributed by atoms with E-state index in [1.54, 1.807) is 18.6 Å². The molecule has 4 aromatic rings. The highest BCUT2D eigenvalue weighted by Crippen LogP contribution is 2.25. The van der Waals surface area contributed by atoms with E-state index in [2.05, 4.69) is 35.6 Å². The molecule has 27 heavy (non-hydrogen) atoms. The van der Waals surface area contributed by atoms with Gasteiger partial charge in [0.25, 0.3) is 5.91 Å². The molecule has 136 valence electrons. The van der Waals surface area contributed by atoms with Gasteiger partial charge in [0.1, 0.15) is 5.82 Å². The van der Waals surface area contributed by atoms with Crippen molar-refractivity contribution in [2.75, 3.05) is 5.32 Å². The fourth-order valence-electron chi connectivity index (χ4n) is 2.62. The first-order chi connectivity index (χ1) is 13.2. The molecule has 0 saturated carbocycles. The van der Waals surface area contributed by atoms with Gasteiger partial charge < -0.3 is 15.6 Å². The molecule has 0 saturated heterocycles. The second-order valence-corrected chi connectivity index (χ2v) is 6.79. The first-order valence-electron chi connectivity index (χ1n) is 8.40. The van der Waals surface area contributed by atoms with Crippen molar-refractivity contribution in [3.05, 3.63) is 65.4 Å². The maximum absolute atomic E-state index is 12.7. The number of rotatable bonds is 6. The number of pyridine rings is 1. The van der Waals surface area contributed by atoms with E-state index in [1.807, 2.05) is 36.6 Å². The van der Waals surface area contributed by atoms with Crippen molar-refractivity contribution < 1.29 is 4.79 Å². The summed E-state index contributed by atoms with van der Waals surface area (Å²) in [7, 11) is 0. The second kappa shape index (κ2) is 7.50. The first kappa shape index (κ1) is 17.1. The molecule has 1 unspecified atom stereocenters. The Morgan fingerprint density at radius 2 is 2.15 bits per heavy atom. The highest BCUT2D eigenvalue weighted by atomic mass is 32.1. The quantitative estimate of drug-likeness (QED) is 0.475. The van der Waals surface area contributed by atoms with E-state index in [4.69, 9.17) is 0 Å². The minimum Gasteiger partial charge on any atom is -0.347 e. The molecule has 0 fully saturated rings. The molecule has 4 rings (SSSR count). The van der Waals surface area contributed by atoms with E-state index >= 15 is 0 Å². The van der Waals surface area contributed by atoms with Gasteiger partial charge in [0.15, 0.2) is 5.69 Å².